The molecule has 1 nitrogen and oxygen atoms in total. The lowest BCUT2D eigenvalue weighted by Gasteiger charge is -2.09. The van der Waals surface area contributed by atoms with Gasteiger partial charge in [-0.3, -0.25) is 0 Å². The number of benzene rings is 1. The van der Waals surface area contributed by atoms with Crippen molar-refractivity contribution in [3.8, 4) is 5.75 Å². The molecule has 0 radical (unpaired) electrons. The highest BCUT2D eigenvalue weighted by atomic mass is 32.1. The Morgan fingerprint density at radius 1 is 1.21 bits per heavy atom. The van der Waals surface area contributed by atoms with Crippen molar-refractivity contribution < 1.29 is 5.11 Å². The van der Waals surface area contributed by atoms with Crippen LogP contribution in [-0.2, 0) is 12.8 Å². The molecule has 74 valence electrons. The summed E-state index contributed by atoms with van der Waals surface area (Å²) in [5.41, 5.74) is 2.43. The number of thiophene rings is 1. The Kier molecular flexibility index (Phi) is 2.46. The van der Waals surface area contributed by atoms with E-state index in [1.54, 1.807) is 11.3 Å². The van der Waals surface area contributed by atoms with E-state index in [0.717, 1.165) is 18.4 Å². The standard InChI is InChI=1S/C12H14OS/c1-3-9-10(4-2)12-8(5-6-14-12)7-11(9)13/h5-7,13H,3-4H2,1-2H3. The molecular formula is C12H14OS. The maximum absolute atomic E-state index is 9.84. The fourth-order valence-electron chi connectivity index (χ4n) is 1.97. The van der Waals surface area contributed by atoms with E-state index in [9.17, 15) is 5.11 Å². The van der Waals surface area contributed by atoms with Crippen molar-refractivity contribution in [2.75, 3.05) is 0 Å². The minimum atomic E-state index is 0.454. The van der Waals surface area contributed by atoms with Gasteiger partial charge < -0.3 is 5.11 Å². The van der Waals surface area contributed by atoms with Crippen molar-refractivity contribution >= 4 is 21.4 Å². The summed E-state index contributed by atoms with van der Waals surface area (Å²) in [6, 6.07) is 3.95. The molecule has 1 aromatic carbocycles. The van der Waals surface area contributed by atoms with Crippen LogP contribution >= 0.6 is 11.3 Å². The highest BCUT2D eigenvalue weighted by molar-refractivity contribution is 7.17. The first-order chi connectivity index (χ1) is 6.77. The molecule has 0 saturated carbocycles. The number of fused-ring (bicyclic) bond motifs is 1. The molecule has 1 N–H and O–H groups in total. The monoisotopic (exact) mass is 206 g/mol. The molecule has 0 bridgehead atoms. The molecule has 0 aliphatic rings. The Labute approximate surface area is 88.0 Å². The van der Waals surface area contributed by atoms with Gasteiger partial charge in [0.25, 0.3) is 0 Å². The normalized spacial score (nSPS) is 11.0. The van der Waals surface area contributed by atoms with Gasteiger partial charge in [-0.15, -0.1) is 11.3 Å². The van der Waals surface area contributed by atoms with Gasteiger partial charge in [0, 0.05) is 4.70 Å². The van der Waals surface area contributed by atoms with E-state index in [1.807, 2.05) is 6.07 Å². The molecule has 0 unspecified atom stereocenters. The Bertz CT molecular complexity index is 457. The van der Waals surface area contributed by atoms with Crippen molar-refractivity contribution in [3.05, 3.63) is 28.6 Å². The Morgan fingerprint density at radius 3 is 2.57 bits per heavy atom. The summed E-state index contributed by atoms with van der Waals surface area (Å²) in [6.07, 6.45) is 1.90. The molecule has 0 spiro atoms. The van der Waals surface area contributed by atoms with Crippen LogP contribution in [-0.4, -0.2) is 5.11 Å². The van der Waals surface area contributed by atoms with Crippen LogP contribution in [0.1, 0.15) is 25.0 Å². The van der Waals surface area contributed by atoms with Crippen molar-refractivity contribution in [2.45, 2.75) is 26.7 Å². The lowest BCUT2D eigenvalue weighted by atomic mass is 10.00. The Morgan fingerprint density at radius 2 is 1.93 bits per heavy atom. The topological polar surface area (TPSA) is 20.2 Å². The zero-order valence-electron chi connectivity index (χ0n) is 8.50. The first-order valence-corrected chi connectivity index (χ1v) is 5.86. The molecule has 2 aromatic rings. The van der Waals surface area contributed by atoms with Crippen molar-refractivity contribution in [1.29, 1.82) is 0 Å². The first kappa shape index (κ1) is 9.53. The quantitative estimate of drug-likeness (QED) is 0.793. The number of rotatable bonds is 2. The third kappa shape index (κ3) is 1.30. The second-order valence-electron chi connectivity index (χ2n) is 3.40. The van der Waals surface area contributed by atoms with Gasteiger partial charge in [-0.25, -0.2) is 0 Å². The van der Waals surface area contributed by atoms with Gasteiger partial charge in [0.1, 0.15) is 5.75 Å². The summed E-state index contributed by atoms with van der Waals surface area (Å²) in [6.45, 7) is 4.24. The molecule has 0 aliphatic carbocycles. The summed E-state index contributed by atoms with van der Waals surface area (Å²) < 4.78 is 1.34. The maximum Gasteiger partial charge on any atom is 0.119 e. The van der Waals surface area contributed by atoms with E-state index in [1.165, 1.54) is 15.6 Å². The number of phenolic OH excluding ortho intramolecular Hbond substituents is 1. The predicted octanol–water partition coefficient (Wildman–Crippen LogP) is 3.73. The van der Waals surface area contributed by atoms with Crippen molar-refractivity contribution in [3.63, 3.8) is 0 Å². The SMILES string of the molecule is CCc1c(O)cc2ccsc2c1CC. The lowest BCUT2D eigenvalue weighted by Crippen LogP contribution is -1.91. The molecule has 1 aromatic heterocycles. The molecule has 0 aliphatic heterocycles. The fraction of sp³-hybridized carbons (Fsp3) is 0.333. The number of aryl methyl sites for hydroxylation is 1. The first-order valence-electron chi connectivity index (χ1n) is 4.98. The van der Waals surface area contributed by atoms with Crippen LogP contribution < -0.4 is 0 Å². The molecule has 14 heavy (non-hydrogen) atoms. The highest BCUT2D eigenvalue weighted by Gasteiger charge is 2.10. The third-order valence-corrected chi connectivity index (χ3v) is 3.63. The predicted molar refractivity (Wildman–Crippen MR) is 62.2 cm³/mol. The van der Waals surface area contributed by atoms with Gasteiger partial charge >= 0.3 is 0 Å². The third-order valence-electron chi connectivity index (χ3n) is 2.64. The maximum atomic E-state index is 9.84. The highest BCUT2D eigenvalue weighted by Crippen LogP contribution is 2.34. The van der Waals surface area contributed by atoms with E-state index < -0.39 is 0 Å². The van der Waals surface area contributed by atoms with E-state index >= 15 is 0 Å². The van der Waals surface area contributed by atoms with Gasteiger partial charge in [-0.1, -0.05) is 13.8 Å². The van der Waals surface area contributed by atoms with E-state index in [2.05, 4.69) is 25.3 Å². The zero-order chi connectivity index (χ0) is 10.1. The molecule has 0 fully saturated rings. The van der Waals surface area contributed by atoms with Crippen LogP contribution in [0, 0.1) is 0 Å². The molecule has 0 amide bonds. The van der Waals surface area contributed by atoms with Gasteiger partial charge in [0.15, 0.2) is 0 Å². The van der Waals surface area contributed by atoms with Crippen LogP contribution in [0.4, 0.5) is 0 Å². The largest absolute Gasteiger partial charge is 0.508 e. The van der Waals surface area contributed by atoms with E-state index in [4.69, 9.17) is 0 Å². The molecule has 2 heteroatoms. The summed E-state index contributed by atoms with van der Waals surface area (Å²) in [4.78, 5) is 0. The smallest absolute Gasteiger partial charge is 0.119 e. The lowest BCUT2D eigenvalue weighted by molar-refractivity contribution is 0.469. The second-order valence-corrected chi connectivity index (χ2v) is 4.31. The summed E-state index contributed by atoms with van der Waals surface area (Å²) in [5, 5.41) is 13.1. The van der Waals surface area contributed by atoms with Crippen LogP contribution in [0.25, 0.3) is 10.1 Å². The van der Waals surface area contributed by atoms with Crippen molar-refractivity contribution in [1.82, 2.24) is 0 Å². The average molecular weight is 206 g/mol. The molecule has 2 rings (SSSR count). The molecule has 0 saturated heterocycles. The van der Waals surface area contributed by atoms with Crippen LogP contribution in [0.2, 0.25) is 0 Å². The number of hydrogen-bond donors (Lipinski definition) is 1. The Balaban J connectivity index is 2.82. The summed E-state index contributed by atoms with van der Waals surface area (Å²) in [5.74, 6) is 0.454. The Hall–Kier alpha value is -1.02. The molecule has 1 heterocycles. The second kappa shape index (κ2) is 3.62. The van der Waals surface area contributed by atoms with Crippen LogP contribution in [0.5, 0.6) is 5.75 Å². The van der Waals surface area contributed by atoms with Gasteiger partial charge in [0.05, 0.1) is 0 Å². The fourth-order valence-corrected chi connectivity index (χ4v) is 3.00. The minimum absolute atomic E-state index is 0.454. The molecule has 0 atom stereocenters. The van der Waals surface area contributed by atoms with Crippen molar-refractivity contribution in [2.24, 2.45) is 0 Å². The minimum Gasteiger partial charge on any atom is -0.508 e. The number of aromatic hydroxyl groups is 1. The van der Waals surface area contributed by atoms with E-state index in [-0.39, 0.29) is 0 Å². The number of phenols is 1. The summed E-state index contributed by atoms with van der Waals surface area (Å²) in [7, 11) is 0. The zero-order valence-corrected chi connectivity index (χ0v) is 9.32. The van der Waals surface area contributed by atoms with Crippen LogP contribution in [0.15, 0.2) is 17.5 Å². The molecular weight excluding hydrogens is 192 g/mol. The average Bonchev–Trinajstić information content (AvgIpc) is 2.62. The van der Waals surface area contributed by atoms with Crippen LogP contribution in [0.3, 0.4) is 0 Å². The van der Waals surface area contributed by atoms with E-state index in [0.29, 0.717) is 5.75 Å². The van der Waals surface area contributed by atoms with Gasteiger partial charge in [-0.05, 0) is 46.9 Å². The number of hydrogen-bond acceptors (Lipinski definition) is 2. The summed E-state index contributed by atoms with van der Waals surface area (Å²) >= 11 is 1.77. The van der Waals surface area contributed by atoms with Gasteiger partial charge in [-0.2, -0.15) is 0 Å². The van der Waals surface area contributed by atoms with Gasteiger partial charge in [0.2, 0.25) is 0 Å².